The molecule has 172 valence electrons. The lowest BCUT2D eigenvalue weighted by Crippen LogP contribution is -2.49. The van der Waals surface area contributed by atoms with Crippen molar-refractivity contribution in [3.63, 3.8) is 0 Å². The SMILES string of the molecule is O=C(C1CCN(S(=O)(=O)c2ccccc2C(F)(F)F)CC1)N(C1CCCCC1)C1CC1. The van der Waals surface area contributed by atoms with Crippen LogP contribution in [-0.4, -0.2) is 48.7 Å². The number of carbonyl (C=O) groups is 1. The van der Waals surface area contributed by atoms with Gasteiger partial charge < -0.3 is 4.90 Å². The summed E-state index contributed by atoms with van der Waals surface area (Å²) in [7, 11) is -4.28. The summed E-state index contributed by atoms with van der Waals surface area (Å²) in [4.78, 5) is 14.7. The maximum Gasteiger partial charge on any atom is 0.417 e. The average Bonchev–Trinajstić information content (AvgIpc) is 3.59. The van der Waals surface area contributed by atoms with Gasteiger partial charge in [-0.15, -0.1) is 0 Å². The van der Waals surface area contributed by atoms with Crippen molar-refractivity contribution < 1.29 is 26.4 Å². The first kappa shape index (κ1) is 22.6. The van der Waals surface area contributed by atoms with Gasteiger partial charge in [0.1, 0.15) is 0 Å². The molecule has 1 amide bonds. The van der Waals surface area contributed by atoms with E-state index in [1.165, 1.54) is 18.6 Å². The van der Waals surface area contributed by atoms with E-state index in [4.69, 9.17) is 0 Å². The first-order valence-electron chi connectivity index (χ1n) is 11.2. The maximum atomic E-state index is 13.3. The minimum atomic E-state index is -4.75. The van der Waals surface area contributed by atoms with Crippen LogP contribution in [0.25, 0.3) is 0 Å². The summed E-state index contributed by atoms with van der Waals surface area (Å²) in [6, 6.07) is 4.89. The molecular weight excluding hydrogens is 429 g/mol. The molecule has 4 rings (SSSR count). The largest absolute Gasteiger partial charge is 0.417 e. The molecule has 0 unspecified atom stereocenters. The molecule has 1 heterocycles. The highest BCUT2D eigenvalue weighted by Crippen LogP contribution is 2.38. The predicted octanol–water partition coefficient (Wildman–Crippen LogP) is 4.43. The Kier molecular flexibility index (Phi) is 6.36. The molecule has 0 radical (unpaired) electrons. The summed E-state index contributed by atoms with van der Waals surface area (Å²) in [5.41, 5.74) is -1.15. The number of amides is 1. The van der Waals surface area contributed by atoms with E-state index in [0.29, 0.717) is 18.9 Å². The fraction of sp³-hybridized carbons (Fsp3) is 0.682. The van der Waals surface area contributed by atoms with E-state index >= 15 is 0 Å². The zero-order valence-corrected chi connectivity index (χ0v) is 18.3. The van der Waals surface area contributed by atoms with Crippen LogP contribution in [0.3, 0.4) is 0 Å². The lowest BCUT2D eigenvalue weighted by Gasteiger charge is -2.39. The second kappa shape index (κ2) is 8.73. The van der Waals surface area contributed by atoms with Crippen LogP contribution in [0.2, 0.25) is 0 Å². The molecule has 0 N–H and O–H groups in total. The number of alkyl halides is 3. The van der Waals surface area contributed by atoms with Crippen molar-refractivity contribution in [2.24, 2.45) is 5.92 Å². The van der Waals surface area contributed by atoms with Gasteiger partial charge in [0.2, 0.25) is 15.9 Å². The second-order valence-electron chi connectivity index (χ2n) is 8.94. The number of halogens is 3. The molecule has 3 aliphatic rings. The summed E-state index contributed by atoms with van der Waals surface area (Å²) >= 11 is 0. The van der Waals surface area contributed by atoms with Crippen molar-refractivity contribution in [1.29, 1.82) is 0 Å². The smallest absolute Gasteiger partial charge is 0.336 e. The first-order chi connectivity index (χ1) is 14.7. The van der Waals surface area contributed by atoms with Gasteiger partial charge in [0.25, 0.3) is 0 Å². The molecule has 0 atom stereocenters. The minimum Gasteiger partial charge on any atom is -0.336 e. The molecule has 1 aromatic carbocycles. The Hall–Kier alpha value is -1.61. The standard InChI is InChI=1S/C22H29F3N2O3S/c23-22(24,25)19-8-4-5-9-20(19)31(29,30)26-14-12-16(13-15-26)21(28)27(18-10-11-18)17-6-2-1-3-7-17/h4-5,8-9,16-18H,1-3,6-7,10-15H2. The maximum absolute atomic E-state index is 13.3. The van der Waals surface area contributed by atoms with Gasteiger partial charge in [-0.2, -0.15) is 17.5 Å². The van der Waals surface area contributed by atoms with Crippen molar-refractivity contribution in [3.8, 4) is 0 Å². The molecule has 9 heteroatoms. The molecule has 0 aromatic heterocycles. The molecule has 3 fully saturated rings. The molecule has 2 saturated carbocycles. The Morgan fingerprint density at radius 2 is 1.48 bits per heavy atom. The van der Waals surface area contributed by atoms with Crippen molar-refractivity contribution >= 4 is 15.9 Å². The van der Waals surface area contributed by atoms with Gasteiger partial charge >= 0.3 is 6.18 Å². The van der Waals surface area contributed by atoms with Crippen LogP contribution in [0.5, 0.6) is 0 Å². The summed E-state index contributed by atoms with van der Waals surface area (Å²) in [5, 5.41) is 0. The van der Waals surface area contributed by atoms with E-state index in [2.05, 4.69) is 4.90 Å². The van der Waals surface area contributed by atoms with E-state index in [0.717, 1.165) is 55.0 Å². The summed E-state index contributed by atoms with van der Waals surface area (Å²) < 4.78 is 67.0. The van der Waals surface area contributed by atoms with Crippen molar-refractivity contribution in [2.75, 3.05) is 13.1 Å². The number of nitrogens with zero attached hydrogens (tertiary/aromatic N) is 2. The highest BCUT2D eigenvalue weighted by molar-refractivity contribution is 7.89. The second-order valence-corrected chi connectivity index (χ2v) is 10.8. The number of benzene rings is 1. The van der Waals surface area contributed by atoms with E-state index in [-0.39, 0.29) is 31.0 Å². The number of hydrogen-bond donors (Lipinski definition) is 0. The third-order valence-electron chi connectivity index (χ3n) is 6.78. The predicted molar refractivity (Wildman–Crippen MR) is 110 cm³/mol. The van der Waals surface area contributed by atoms with Crippen molar-refractivity contribution in [2.45, 2.75) is 80.9 Å². The third kappa shape index (κ3) is 4.77. The van der Waals surface area contributed by atoms with Gasteiger partial charge in [-0.25, -0.2) is 8.42 Å². The summed E-state index contributed by atoms with van der Waals surface area (Å²) in [5.74, 6) is -0.144. The number of carbonyl (C=O) groups excluding carboxylic acids is 1. The Morgan fingerprint density at radius 1 is 0.903 bits per heavy atom. The average molecular weight is 459 g/mol. The zero-order valence-electron chi connectivity index (χ0n) is 17.5. The highest BCUT2D eigenvalue weighted by atomic mass is 32.2. The summed E-state index contributed by atoms with van der Waals surface area (Å²) in [6.45, 7) is 0.127. The van der Waals surface area contributed by atoms with Gasteiger partial charge in [0.05, 0.1) is 10.5 Å². The molecule has 0 bridgehead atoms. The molecule has 2 aliphatic carbocycles. The van der Waals surface area contributed by atoms with Gasteiger partial charge in [0.15, 0.2) is 0 Å². The van der Waals surface area contributed by atoms with Crippen LogP contribution in [0.4, 0.5) is 13.2 Å². The van der Waals surface area contributed by atoms with Crippen LogP contribution in [0.15, 0.2) is 29.2 Å². The molecule has 5 nitrogen and oxygen atoms in total. The van der Waals surface area contributed by atoms with Crippen molar-refractivity contribution in [3.05, 3.63) is 29.8 Å². The normalized spacial score (nSPS) is 22.4. The Morgan fingerprint density at radius 3 is 2.06 bits per heavy atom. The first-order valence-corrected chi connectivity index (χ1v) is 12.6. The monoisotopic (exact) mass is 458 g/mol. The molecule has 1 aromatic rings. The molecule has 1 saturated heterocycles. The van der Waals surface area contributed by atoms with E-state index in [1.54, 1.807) is 0 Å². The summed E-state index contributed by atoms with van der Waals surface area (Å²) in [6.07, 6.45) is 3.56. The molecule has 0 spiro atoms. The Balaban J connectivity index is 1.45. The van der Waals surface area contributed by atoms with Crippen LogP contribution in [-0.2, 0) is 21.0 Å². The van der Waals surface area contributed by atoms with Gasteiger partial charge in [-0.3, -0.25) is 4.79 Å². The zero-order chi connectivity index (χ0) is 22.2. The molecular formula is C22H29F3N2O3S. The van der Waals surface area contributed by atoms with Gasteiger partial charge in [-0.05, 0) is 50.7 Å². The fourth-order valence-corrected chi connectivity index (χ4v) is 6.67. The number of sulfonamides is 1. The van der Waals surface area contributed by atoms with E-state index in [9.17, 15) is 26.4 Å². The number of hydrogen-bond acceptors (Lipinski definition) is 3. The molecule has 1 aliphatic heterocycles. The number of rotatable bonds is 5. The van der Waals surface area contributed by atoms with Gasteiger partial charge in [0, 0.05) is 31.1 Å². The topological polar surface area (TPSA) is 57.7 Å². The quantitative estimate of drug-likeness (QED) is 0.656. The lowest BCUT2D eigenvalue weighted by atomic mass is 9.91. The highest BCUT2D eigenvalue weighted by Gasteiger charge is 2.43. The van der Waals surface area contributed by atoms with E-state index in [1.807, 2.05) is 0 Å². The van der Waals surface area contributed by atoms with Crippen LogP contribution in [0.1, 0.15) is 63.4 Å². The Labute approximate surface area is 181 Å². The van der Waals surface area contributed by atoms with Gasteiger partial charge in [-0.1, -0.05) is 31.4 Å². The fourth-order valence-electron chi connectivity index (χ4n) is 4.99. The lowest BCUT2D eigenvalue weighted by molar-refractivity contribution is -0.140. The minimum absolute atomic E-state index is 0.0636. The molecule has 31 heavy (non-hydrogen) atoms. The Bertz CT molecular complexity index is 901. The number of piperidine rings is 1. The van der Waals surface area contributed by atoms with Crippen LogP contribution in [0, 0.1) is 5.92 Å². The van der Waals surface area contributed by atoms with Crippen LogP contribution < -0.4 is 0 Å². The third-order valence-corrected chi connectivity index (χ3v) is 8.73. The van der Waals surface area contributed by atoms with E-state index < -0.39 is 26.7 Å². The van der Waals surface area contributed by atoms with Crippen LogP contribution >= 0.6 is 0 Å². The van der Waals surface area contributed by atoms with Crippen molar-refractivity contribution in [1.82, 2.24) is 9.21 Å².